The molecule has 0 amide bonds. The van der Waals surface area contributed by atoms with Crippen LogP contribution in [0.15, 0.2) is 0 Å². The van der Waals surface area contributed by atoms with Crippen LogP contribution in [0.5, 0.6) is 0 Å². The first-order valence-corrected chi connectivity index (χ1v) is 5.64. The summed E-state index contributed by atoms with van der Waals surface area (Å²) in [5.74, 6) is -0.378. The summed E-state index contributed by atoms with van der Waals surface area (Å²) < 4.78 is 31.0. The molecule has 0 aromatic carbocycles. The molecule has 0 radical (unpaired) electrons. The van der Waals surface area contributed by atoms with Crippen molar-refractivity contribution >= 4 is 22.7 Å². The molecule has 0 fully saturated rings. The van der Waals surface area contributed by atoms with Crippen LogP contribution in [0.1, 0.15) is 27.7 Å². The minimum Gasteiger partial charge on any atom is -0.748 e. The summed E-state index contributed by atoms with van der Waals surface area (Å²) in [6.45, 7) is 7.02. The van der Waals surface area contributed by atoms with Crippen LogP contribution in [0, 0.1) is 5.41 Å². The van der Waals surface area contributed by atoms with Crippen molar-refractivity contribution in [3.8, 4) is 0 Å². The van der Waals surface area contributed by atoms with Gasteiger partial charge in [0.15, 0.2) is 0 Å². The second kappa shape index (κ2) is 4.16. The Morgan fingerprint density at radius 1 is 1.23 bits per heavy atom. The van der Waals surface area contributed by atoms with E-state index in [1.165, 1.54) is 0 Å². The van der Waals surface area contributed by atoms with Gasteiger partial charge in [-0.3, -0.25) is 0 Å². The van der Waals surface area contributed by atoms with Gasteiger partial charge in [0.05, 0.1) is 10.1 Å². The Morgan fingerprint density at radius 2 is 1.54 bits per heavy atom. The first-order chi connectivity index (χ1) is 4.96. The molecule has 0 bridgehead atoms. The number of hydrogen-bond acceptors (Lipinski definition) is 4. The standard InChI is InChI=1S/C7H16O3S2.H3N/c1-6(2,7(3,4)11)5-12(8,9)10;/h11H,5H2,1-4H3,(H,8,9,10);1H3. The van der Waals surface area contributed by atoms with Gasteiger partial charge in [0.1, 0.15) is 0 Å². The van der Waals surface area contributed by atoms with E-state index in [1.54, 1.807) is 27.7 Å². The Balaban J connectivity index is 0. The van der Waals surface area contributed by atoms with Gasteiger partial charge in [-0.15, -0.1) is 0 Å². The molecule has 0 aromatic heterocycles. The largest absolute Gasteiger partial charge is 0.748 e. The van der Waals surface area contributed by atoms with Crippen molar-refractivity contribution in [1.29, 1.82) is 0 Å². The average Bonchev–Trinajstić information content (AvgIpc) is 1.52. The first-order valence-electron chi connectivity index (χ1n) is 3.62. The molecule has 0 atom stereocenters. The fraction of sp³-hybridized carbons (Fsp3) is 1.00. The Hall–Kier alpha value is 0.220. The highest BCUT2D eigenvalue weighted by atomic mass is 32.2. The van der Waals surface area contributed by atoms with Crippen LogP contribution in [0.25, 0.3) is 0 Å². The second-order valence-corrected chi connectivity index (χ2v) is 6.67. The number of quaternary nitrogens is 1. The molecule has 0 unspecified atom stereocenters. The lowest BCUT2D eigenvalue weighted by Crippen LogP contribution is -2.39. The molecule has 0 aromatic rings. The molecule has 0 heterocycles. The van der Waals surface area contributed by atoms with Crippen molar-refractivity contribution in [3.63, 3.8) is 0 Å². The van der Waals surface area contributed by atoms with E-state index >= 15 is 0 Å². The van der Waals surface area contributed by atoms with Crippen molar-refractivity contribution in [3.05, 3.63) is 0 Å². The van der Waals surface area contributed by atoms with Gasteiger partial charge in [-0.05, 0) is 5.41 Å². The number of rotatable bonds is 3. The average molecular weight is 229 g/mol. The molecule has 0 aliphatic carbocycles. The summed E-state index contributed by atoms with van der Waals surface area (Å²) in [5, 5.41) is 0. The lowest BCUT2D eigenvalue weighted by atomic mass is 9.82. The van der Waals surface area contributed by atoms with Crippen molar-refractivity contribution in [2.75, 3.05) is 5.75 Å². The fourth-order valence-corrected chi connectivity index (χ4v) is 2.05. The van der Waals surface area contributed by atoms with Crippen LogP contribution in [-0.2, 0) is 10.1 Å². The van der Waals surface area contributed by atoms with Crippen molar-refractivity contribution in [1.82, 2.24) is 6.15 Å². The van der Waals surface area contributed by atoms with E-state index in [2.05, 4.69) is 12.6 Å². The molecule has 0 aliphatic heterocycles. The van der Waals surface area contributed by atoms with Gasteiger partial charge in [0, 0.05) is 10.5 Å². The molecule has 0 saturated carbocycles. The van der Waals surface area contributed by atoms with Gasteiger partial charge in [0.25, 0.3) is 0 Å². The van der Waals surface area contributed by atoms with E-state index in [0.29, 0.717) is 0 Å². The molecule has 0 spiro atoms. The number of hydrogen-bond donors (Lipinski definition) is 2. The van der Waals surface area contributed by atoms with Gasteiger partial charge in [-0.25, -0.2) is 8.42 Å². The van der Waals surface area contributed by atoms with Crippen LogP contribution < -0.4 is 6.15 Å². The summed E-state index contributed by atoms with van der Waals surface area (Å²) >= 11 is 4.24. The lowest BCUT2D eigenvalue weighted by molar-refractivity contribution is 0.312. The van der Waals surface area contributed by atoms with Gasteiger partial charge >= 0.3 is 0 Å². The Morgan fingerprint density at radius 3 is 1.62 bits per heavy atom. The van der Waals surface area contributed by atoms with Crippen molar-refractivity contribution in [2.24, 2.45) is 5.41 Å². The van der Waals surface area contributed by atoms with Crippen LogP contribution in [0.3, 0.4) is 0 Å². The third-order valence-electron chi connectivity index (χ3n) is 2.19. The number of thiol groups is 1. The molecule has 0 aliphatic rings. The predicted octanol–water partition coefficient (Wildman–Crippen LogP) is 1.64. The SMILES string of the molecule is CC(C)(S)C(C)(C)CS(=O)(=O)[O-].[NH4+]. The molecule has 0 rings (SSSR count). The summed E-state index contributed by atoms with van der Waals surface area (Å²) in [6, 6.07) is 0. The second-order valence-electron chi connectivity index (χ2n) is 4.14. The molecule has 4 N–H and O–H groups in total. The maximum Gasteiger partial charge on any atom is 0.0951 e. The smallest absolute Gasteiger partial charge is 0.0951 e. The van der Waals surface area contributed by atoms with Gasteiger partial charge in [-0.2, -0.15) is 12.6 Å². The highest BCUT2D eigenvalue weighted by molar-refractivity contribution is 7.86. The minimum atomic E-state index is -4.16. The first kappa shape index (κ1) is 15.7. The van der Waals surface area contributed by atoms with E-state index in [1.807, 2.05) is 0 Å². The maximum atomic E-state index is 10.5. The normalized spacial score (nSPS) is 13.7. The maximum absolute atomic E-state index is 10.5. The zero-order valence-electron chi connectivity index (χ0n) is 8.79. The summed E-state index contributed by atoms with van der Waals surface area (Å²) in [7, 11) is -4.16. The zero-order chi connectivity index (χ0) is 10.2. The third-order valence-corrected chi connectivity index (χ3v) is 3.87. The van der Waals surface area contributed by atoms with E-state index in [4.69, 9.17) is 0 Å². The van der Waals surface area contributed by atoms with E-state index < -0.39 is 20.3 Å². The van der Waals surface area contributed by atoms with E-state index in [-0.39, 0.29) is 11.9 Å². The van der Waals surface area contributed by atoms with Crippen LogP contribution in [-0.4, -0.2) is 23.5 Å². The third kappa shape index (κ3) is 5.51. The molecule has 0 saturated heterocycles. The van der Waals surface area contributed by atoms with Crippen molar-refractivity contribution in [2.45, 2.75) is 32.4 Å². The van der Waals surface area contributed by atoms with Crippen LogP contribution in [0.4, 0.5) is 0 Å². The molecule has 82 valence electrons. The van der Waals surface area contributed by atoms with E-state index in [9.17, 15) is 13.0 Å². The highest BCUT2D eigenvalue weighted by Crippen LogP contribution is 2.36. The summed E-state index contributed by atoms with van der Waals surface area (Å²) in [5.41, 5.74) is -0.614. The minimum absolute atomic E-state index is 0. The monoisotopic (exact) mass is 229 g/mol. The van der Waals surface area contributed by atoms with E-state index in [0.717, 1.165) is 0 Å². The summed E-state index contributed by atoms with van der Waals surface area (Å²) in [6.07, 6.45) is 0. The van der Waals surface area contributed by atoms with Gasteiger partial charge in [-0.1, -0.05) is 27.7 Å². The topological polar surface area (TPSA) is 93.7 Å². The van der Waals surface area contributed by atoms with Gasteiger partial charge < -0.3 is 10.7 Å². The zero-order valence-corrected chi connectivity index (χ0v) is 10.5. The fourth-order valence-electron chi connectivity index (χ4n) is 0.619. The molecule has 6 heteroatoms. The molecular formula is C7H19NO3S2. The van der Waals surface area contributed by atoms with Crippen LogP contribution in [0.2, 0.25) is 0 Å². The Labute approximate surface area is 85.8 Å². The van der Waals surface area contributed by atoms with Crippen molar-refractivity contribution < 1.29 is 13.0 Å². The highest BCUT2D eigenvalue weighted by Gasteiger charge is 2.35. The summed E-state index contributed by atoms with van der Waals surface area (Å²) in [4.78, 5) is 0. The Bertz CT molecular complexity index is 251. The Kier molecular flexibility index (Phi) is 5.02. The predicted molar refractivity (Wildman–Crippen MR) is 57.4 cm³/mol. The molecule has 13 heavy (non-hydrogen) atoms. The van der Waals surface area contributed by atoms with Crippen LogP contribution >= 0.6 is 12.6 Å². The lowest BCUT2D eigenvalue weighted by Gasteiger charge is -2.38. The molecular weight excluding hydrogens is 210 g/mol. The quantitative estimate of drug-likeness (QED) is 0.569. The molecule has 4 nitrogen and oxygen atoms in total. The van der Waals surface area contributed by atoms with Gasteiger partial charge in [0.2, 0.25) is 0 Å².